The predicted molar refractivity (Wildman–Crippen MR) is 82.0 cm³/mol. The van der Waals surface area contributed by atoms with Crippen LogP contribution in [-0.4, -0.2) is 24.0 Å². The third-order valence-electron chi connectivity index (χ3n) is 3.48. The van der Waals surface area contributed by atoms with Crippen molar-refractivity contribution < 1.29 is 0 Å². The quantitative estimate of drug-likeness (QED) is 0.775. The molecule has 0 saturated heterocycles. The van der Waals surface area contributed by atoms with Gasteiger partial charge in [0.15, 0.2) is 0 Å². The fourth-order valence-electron chi connectivity index (χ4n) is 2.61. The maximum Gasteiger partial charge on any atom is 0.0566 e. The smallest absolute Gasteiger partial charge is 0.0566 e. The molecule has 1 heterocycles. The molecule has 0 fully saturated rings. The van der Waals surface area contributed by atoms with Crippen LogP contribution in [0.1, 0.15) is 51.5 Å². The molecule has 1 rings (SSSR count). The minimum atomic E-state index is 0.386. The van der Waals surface area contributed by atoms with Gasteiger partial charge in [-0.05, 0) is 30.2 Å². The van der Waals surface area contributed by atoms with Crippen LogP contribution in [0.25, 0.3) is 0 Å². The van der Waals surface area contributed by atoms with E-state index in [2.05, 4.69) is 50.1 Å². The Balaban J connectivity index is 2.91. The molecule has 0 aliphatic carbocycles. The van der Waals surface area contributed by atoms with Gasteiger partial charge in [0.2, 0.25) is 0 Å². The lowest BCUT2D eigenvalue weighted by atomic mass is 10.0. The summed E-state index contributed by atoms with van der Waals surface area (Å²) in [5.74, 6) is 0.680. The maximum absolute atomic E-state index is 6.05. The normalized spacial score (nSPS) is 13.8. The van der Waals surface area contributed by atoms with Crippen molar-refractivity contribution in [1.29, 1.82) is 0 Å². The topological polar surface area (TPSA) is 29.3 Å². The molecule has 0 amide bonds. The molecular weight excluding hydrogens is 240 g/mol. The van der Waals surface area contributed by atoms with E-state index in [9.17, 15) is 0 Å². The molecule has 0 aromatic carbocycles. The Hall–Kier alpha value is -0.380. The van der Waals surface area contributed by atoms with Gasteiger partial charge in [0, 0.05) is 24.0 Å². The van der Waals surface area contributed by atoms with Gasteiger partial charge in [-0.15, -0.1) is 11.3 Å². The van der Waals surface area contributed by atoms with Crippen molar-refractivity contribution in [1.82, 2.24) is 4.90 Å². The lowest BCUT2D eigenvalue weighted by Crippen LogP contribution is -2.42. The Labute approximate surface area is 116 Å². The van der Waals surface area contributed by atoms with E-state index in [4.69, 9.17) is 5.73 Å². The van der Waals surface area contributed by atoms with Gasteiger partial charge < -0.3 is 5.73 Å². The van der Waals surface area contributed by atoms with Crippen molar-refractivity contribution in [2.24, 2.45) is 11.7 Å². The number of hydrogen-bond acceptors (Lipinski definition) is 3. The van der Waals surface area contributed by atoms with Crippen LogP contribution in [0.4, 0.5) is 0 Å². The van der Waals surface area contributed by atoms with E-state index in [-0.39, 0.29) is 0 Å². The molecule has 1 aromatic heterocycles. The summed E-state index contributed by atoms with van der Waals surface area (Å²) in [6.07, 6.45) is 2.40. The molecular formula is C15H28N2S. The number of thiophene rings is 1. The minimum Gasteiger partial charge on any atom is -0.329 e. The number of hydrogen-bond donors (Lipinski definition) is 1. The lowest BCUT2D eigenvalue weighted by molar-refractivity contribution is 0.114. The molecule has 1 atom stereocenters. The summed E-state index contributed by atoms with van der Waals surface area (Å²) in [6.45, 7) is 11.0. The van der Waals surface area contributed by atoms with Crippen molar-refractivity contribution in [3.05, 3.63) is 22.4 Å². The second kappa shape index (κ2) is 7.93. The van der Waals surface area contributed by atoms with E-state index in [0.717, 1.165) is 6.54 Å². The summed E-state index contributed by atoms with van der Waals surface area (Å²) >= 11 is 1.83. The molecule has 1 unspecified atom stereocenters. The molecule has 0 aliphatic rings. The molecule has 0 aliphatic heterocycles. The van der Waals surface area contributed by atoms with Crippen LogP contribution >= 0.6 is 11.3 Å². The van der Waals surface area contributed by atoms with E-state index in [1.807, 2.05) is 11.3 Å². The first-order chi connectivity index (χ1) is 8.63. The van der Waals surface area contributed by atoms with Gasteiger partial charge in [-0.2, -0.15) is 0 Å². The molecule has 0 saturated carbocycles. The van der Waals surface area contributed by atoms with Crippen LogP contribution in [0.2, 0.25) is 0 Å². The van der Waals surface area contributed by atoms with Gasteiger partial charge in [-0.1, -0.05) is 33.8 Å². The molecule has 104 valence electrons. The number of rotatable bonds is 8. The fourth-order valence-corrected chi connectivity index (χ4v) is 3.47. The van der Waals surface area contributed by atoms with Crippen molar-refractivity contribution in [2.75, 3.05) is 13.1 Å². The Kier molecular flexibility index (Phi) is 6.90. The van der Waals surface area contributed by atoms with Crippen LogP contribution in [0, 0.1) is 5.92 Å². The van der Waals surface area contributed by atoms with Crippen LogP contribution < -0.4 is 5.73 Å². The Morgan fingerprint density at radius 3 is 2.33 bits per heavy atom. The predicted octanol–water partition coefficient (Wildman–Crippen LogP) is 3.89. The molecule has 2 N–H and O–H groups in total. The van der Waals surface area contributed by atoms with Crippen molar-refractivity contribution in [2.45, 2.75) is 52.6 Å². The van der Waals surface area contributed by atoms with E-state index < -0.39 is 0 Å². The van der Waals surface area contributed by atoms with Crippen molar-refractivity contribution in [3.8, 4) is 0 Å². The summed E-state index contributed by atoms with van der Waals surface area (Å²) in [6, 6.07) is 5.38. The Morgan fingerprint density at radius 2 is 1.94 bits per heavy atom. The van der Waals surface area contributed by atoms with E-state index in [1.54, 1.807) is 0 Å². The first kappa shape index (κ1) is 15.7. The second-order valence-electron chi connectivity index (χ2n) is 5.33. The van der Waals surface area contributed by atoms with E-state index in [0.29, 0.717) is 24.5 Å². The molecule has 0 bridgehead atoms. The van der Waals surface area contributed by atoms with Crippen LogP contribution in [0.3, 0.4) is 0 Å². The summed E-state index contributed by atoms with van der Waals surface area (Å²) in [5, 5.41) is 2.15. The average Bonchev–Trinajstić information content (AvgIpc) is 2.84. The number of nitrogens with zero attached hydrogens (tertiary/aromatic N) is 1. The van der Waals surface area contributed by atoms with Gasteiger partial charge in [0.05, 0.1) is 6.04 Å². The van der Waals surface area contributed by atoms with Crippen LogP contribution in [-0.2, 0) is 0 Å². The molecule has 2 nitrogen and oxygen atoms in total. The summed E-state index contributed by atoms with van der Waals surface area (Å²) in [7, 11) is 0. The fraction of sp³-hybridized carbons (Fsp3) is 0.733. The summed E-state index contributed by atoms with van der Waals surface area (Å²) in [5.41, 5.74) is 6.05. The average molecular weight is 268 g/mol. The largest absolute Gasteiger partial charge is 0.329 e. The van der Waals surface area contributed by atoms with Crippen LogP contribution in [0.15, 0.2) is 17.5 Å². The van der Waals surface area contributed by atoms with Gasteiger partial charge in [0.25, 0.3) is 0 Å². The zero-order chi connectivity index (χ0) is 13.5. The van der Waals surface area contributed by atoms with E-state index in [1.165, 1.54) is 17.7 Å². The third kappa shape index (κ3) is 4.08. The second-order valence-corrected chi connectivity index (χ2v) is 6.31. The zero-order valence-corrected chi connectivity index (χ0v) is 13.0. The summed E-state index contributed by atoms with van der Waals surface area (Å²) in [4.78, 5) is 4.03. The van der Waals surface area contributed by atoms with Crippen molar-refractivity contribution >= 4 is 11.3 Å². The Morgan fingerprint density at radius 1 is 1.28 bits per heavy atom. The SMILES string of the molecule is CCC(CC)N(CC(C)C)C(CN)c1cccs1. The molecule has 0 spiro atoms. The van der Waals surface area contributed by atoms with Crippen LogP contribution in [0.5, 0.6) is 0 Å². The molecule has 0 radical (unpaired) electrons. The molecule has 3 heteroatoms. The van der Waals surface area contributed by atoms with Gasteiger partial charge in [0.1, 0.15) is 0 Å². The molecule has 18 heavy (non-hydrogen) atoms. The minimum absolute atomic E-state index is 0.386. The number of nitrogens with two attached hydrogens (primary N) is 1. The summed E-state index contributed by atoms with van der Waals surface area (Å²) < 4.78 is 0. The van der Waals surface area contributed by atoms with Gasteiger partial charge >= 0.3 is 0 Å². The Bertz CT molecular complexity index is 304. The van der Waals surface area contributed by atoms with Gasteiger partial charge in [-0.3, -0.25) is 4.90 Å². The highest BCUT2D eigenvalue weighted by Gasteiger charge is 2.25. The highest BCUT2D eigenvalue weighted by Crippen LogP contribution is 2.28. The maximum atomic E-state index is 6.05. The zero-order valence-electron chi connectivity index (χ0n) is 12.2. The first-order valence-corrected chi connectivity index (χ1v) is 8.01. The highest BCUT2D eigenvalue weighted by molar-refractivity contribution is 7.10. The molecule has 1 aromatic rings. The first-order valence-electron chi connectivity index (χ1n) is 7.13. The van der Waals surface area contributed by atoms with E-state index >= 15 is 0 Å². The van der Waals surface area contributed by atoms with Gasteiger partial charge in [-0.25, -0.2) is 0 Å². The monoisotopic (exact) mass is 268 g/mol. The lowest BCUT2D eigenvalue weighted by Gasteiger charge is -2.37. The highest BCUT2D eigenvalue weighted by atomic mass is 32.1. The standard InChI is InChI=1S/C15H28N2S/c1-5-13(6-2)17(11-12(3)4)14(10-16)15-8-7-9-18-15/h7-9,12-14H,5-6,10-11,16H2,1-4H3. The third-order valence-corrected chi connectivity index (χ3v) is 4.46. The van der Waals surface area contributed by atoms with Crippen molar-refractivity contribution in [3.63, 3.8) is 0 Å².